The SMILES string of the molecule is CCc1cc(O)ccc1-c1c(OO)c(CC#N)nn(C)c1=O. The molecule has 1 heterocycles. The number of hydrogen-bond acceptors (Lipinski definition) is 6. The van der Waals surface area contributed by atoms with Crippen molar-refractivity contribution in [2.45, 2.75) is 19.8 Å². The quantitative estimate of drug-likeness (QED) is 0.656. The van der Waals surface area contributed by atoms with Crippen LogP contribution in [0.2, 0.25) is 0 Å². The molecule has 0 bridgehead atoms. The van der Waals surface area contributed by atoms with Crippen molar-refractivity contribution in [2.24, 2.45) is 7.05 Å². The van der Waals surface area contributed by atoms with Crippen molar-refractivity contribution >= 4 is 0 Å². The van der Waals surface area contributed by atoms with Crippen molar-refractivity contribution in [1.82, 2.24) is 9.78 Å². The Labute approximate surface area is 126 Å². The van der Waals surface area contributed by atoms with Crippen molar-refractivity contribution in [3.63, 3.8) is 0 Å². The van der Waals surface area contributed by atoms with Crippen molar-refractivity contribution in [3.8, 4) is 28.7 Å². The smallest absolute Gasteiger partial charge is 0.278 e. The van der Waals surface area contributed by atoms with Crippen LogP contribution in [0.4, 0.5) is 0 Å². The molecule has 0 spiro atoms. The van der Waals surface area contributed by atoms with Gasteiger partial charge in [-0.1, -0.05) is 13.0 Å². The molecule has 1 aromatic heterocycles. The molecule has 0 aliphatic heterocycles. The minimum atomic E-state index is -0.467. The summed E-state index contributed by atoms with van der Waals surface area (Å²) in [6.45, 7) is 1.87. The summed E-state index contributed by atoms with van der Waals surface area (Å²) in [6.07, 6.45) is 0.449. The number of hydrogen-bond donors (Lipinski definition) is 2. The zero-order valence-electron chi connectivity index (χ0n) is 12.2. The first-order chi connectivity index (χ1) is 10.5. The Morgan fingerprint density at radius 1 is 1.45 bits per heavy atom. The highest BCUT2D eigenvalue weighted by Crippen LogP contribution is 2.33. The lowest BCUT2D eigenvalue weighted by atomic mass is 9.97. The summed E-state index contributed by atoms with van der Waals surface area (Å²) in [5, 5.41) is 31.5. The van der Waals surface area contributed by atoms with E-state index < -0.39 is 5.56 Å². The van der Waals surface area contributed by atoms with Gasteiger partial charge in [-0.3, -0.25) is 4.79 Å². The molecule has 2 N–H and O–H groups in total. The number of nitriles is 1. The first kappa shape index (κ1) is 15.5. The summed E-state index contributed by atoms with van der Waals surface area (Å²) < 4.78 is 1.09. The number of phenols is 1. The van der Waals surface area contributed by atoms with Gasteiger partial charge in [-0.05, 0) is 29.7 Å². The van der Waals surface area contributed by atoms with E-state index in [1.54, 1.807) is 12.1 Å². The molecule has 0 aliphatic carbocycles. The number of benzene rings is 1. The maximum Gasteiger partial charge on any atom is 0.278 e. The fraction of sp³-hybridized carbons (Fsp3) is 0.267. The third kappa shape index (κ3) is 2.64. The second-order valence-corrected chi connectivity index (χ2v) is 4.70. The lowest BCUT2D eigenvalue weighted by Crippen LogP contribution is -2.24. The Kier molecular flexibility index (Phi) is 4.44. The highest BCUT2D eigenvalue weighted by Gasteiger charge is 2.21. The number of aromatic nitrogens is 2. The molecule has 0 aliphatic rings. The van der Waals surface area contributed by atoms with Crippen LogP contribution in [0.15, 0.2) is 23.0 Å². The number of phenolic OH excluding ortho intramolecular Hbond substituents is 1. The van der Waals surface area contributed by atoms with E-state index in [1.165, 1.54) is 13.1 Å². The zero-order valence-corrected chi connectivity index (χ0v) is 12.2. The van der Waals surface area contributed by atoms with E-state index in [0.29, 0.717) is 17.5 Å². The van der Waals surface area contributed by atoms with Crippen LogP contribution in [0, 0.1) is 11.3 Å². The maximum atomic E-state index is 12.4. The number of aryl methyl sites for hydroxylation is 2. The van der Waals surface area contributed by atoms with Gasteiger partial charge in [-0.25, -0.2) is 9.94 Å². The monoisotopic (exact) mass is 301 g/mol. The van der Waals surface area contributed by atoms with Crippen LogP contribution in [0.5, 0.6) is 11.5 Å². The number of aromatic hydroxyl groups is 1. The van der Waals surface area contributed by atoms with Crippen LogP contribution in [-0.2, 0) is 19.9 Å². The first-order valence-corrected chi connectivity index (χ1v) is 6.64. The van der Waals surface area contributed by atoms with Crippen LogP contribution in [0.1, 0.15) is 18.2 Å². The molecule has 7 heteroatoms. The molecule has 0 amide bonds. The Bertz CT molecular complexity index is 806. The molecule has 2 aromatic rings. The Balaban J connectivity index is 2.85. The molecule has 0 saturated carbocycles. The lowest BCUT2D eigenvalue weighted by molar-refractivity contribution is -0.138. The van der Waals surface area contributed by atoms with Gasteiger partial charge < -0.3 is 9.99 Å². The van der Waals surface area contributed by atoms with Crippen molar-refractivity contribution in [2.75, 3.05) is 0 Å². The molecule has 0 radical (unpaired) electrons. The second kappa shape index (κ2) is 6.28. The van der Waals surface area contributed by atoms with Crippen LogP contribution >= 0.6 is 0 Å². The summed E-state index contributed by atoms with van der Waals surface area (Å²) in [7, 11) is 1.46. The summed E-state index contributed by atoms with van der Waals surface area (Å²) in [5.41, 5.74) is 1.04. The molecule has 2 rings (SSSR count). The van der Waals surface area contributed by atoms with E-state index in [0.717, 1.165) is 4.68 Å². The Hall–Kier alpha value is -2.85. The van der Waals surface area contributed by atoms with Crippen LogP contribution in [0.25, 0.3) is 11.1 Å². The molecule has 0 saturated heterocycles. The van der Waals surface area contributed by atoms with Crippen molar-refractivity contribution < 1.29 is 15.3 Å². The molecule has 114 valence electrons. The maximum absolute atomic E-state index is 12.4. The van der Waals surface area contributed by atoms with Gasteiger partial charge in [-0.15, -0.1) is 0 Å². The van der Waals surface area contributed by atoms with E-state index in [2.05, 4.69) is 9.99 Å². The van der Waals surface area contributed by atoms with E-state index in [-0.39, 0.29) is 29.2 Å². The molecule has 0 unspecified atom stereocenters. The highest BCUT2D eigenvalue weighted by atomic mass is 17.1. The highest BCUT2D eigenvalue weighted by molar-refractivity contribution is 5.74. The van der Waals surface area contributed by atoms with Gasteiger partial charge in [0.25, 0.3) is 5.56 Å². The van der Waals surface area contributed by atoms with E-state index >= 15 is 0 Å². The first-order valence-electron chi connectivity index (χ1n) is 6.64. The van der Waals surface area contributed by atoms with Crippen LogP contribution in [-0.4, -0.2) is 20.1 Å². The van der Waals surface area contributed by atoms with Gasteiger partial charge in [-0.2, -0.15) is 10.4 Å². The topological polar surface area (TPSA) is 108 Å². The number of nitrogens with zero attached hydrogens (tertiary/aromatic N) is 3. The van der Waals surface area contributed by atoms with Gasteiger partial charge in [0.15, 0.2) is 0 Å². The normalized spacial score (nSPS) is 10.3. The summed E-state index contributed by atoms with van der Waals surface area (Å²) in [4.78, 5) is 16.8. The minimum absolute atomic E-state index is 0.0789. The summed E-state index contributed by atoms with van der Waals surface area (Å²) in [6, 6.07) is 6.47. The molecule has 0 fully saturated rings. The average molecular weight is 301 g/mol. The Morgan fingerprint density at radius 2 is 2.18 bits per heavy atom. The molecule has 0 atom stereocenters. The predicted molar refractivity (Wildman–Crippen MR) is 78.5 cm³/mol. The molecule has 7 nitrogen and oxygen atoms in total. The van der Waals surface area contributed by atoms with E-state index in [1.807, 2.05) is 13.0 Å². The van der Waals surface area contributed by atoms with Gasteiger partial charge in [0.1, 0.15) is 11.4 Å². The third-order valence-electron chi connectivity index (χ3n) is 3.34. The largest absolute Gasteiger partial charge is 0.508 e. The van der Waals surface area contributed by atoms with Gasteiger partial charge in [0.2, 0.25) is 5.75 Å². The Morgan fingerprint density at radius 3 is 2.77 bits per heavy atom. The second-order valence-electron chi connectivity index (χ2n) is 4.70. The van der Waals surface area contributed by atoms with Crippen molar-refractivity contribution in [1.29, 1.82) is 5.26 Å². The number of rotatable bonds is 4. The minimum Gasteiger partial charge on any atom is -0.508 e. The standard InChI is InChI=1S/C15H15N3O4/c1-3-9-8-10(19)4-5-11(9)13-14(22-21)12(6-7-16)17-18(2)15(13)20/h4-5,8,19,21H,3,6H2,1-2H3. The fourth-order valence-corrected chi connectivity index (χ4v) is 2.32. The molecular weight excluding hydrogens is 286 g/mol. The molecule has 22 heavy (non-hydrogen) atoms. The van der Waals surface area contributed by atoms with E-state index in [4.69, 9.17) is 5.26 Å². The van der Waals surface area contributed by atoms with Crippen LogP contribution in [0.3, 0.4) is 0 Å². The summed E-state index contributed by atoms with van der Waals surface area (Å²) >= 11 is 0. The average Bonchev–Trinajstić information content (AvgIpc) is 2.51. The van der Waals surface area contributed by atoms with Gasteiger partial charge in [0.05, 0.1) is 18.1 Å². The fourth-order valence-electron chi connectivity index (χ4n) is 2.32. The van der Waals surface area contributed by atoms with Gasteiger partial charge in [0, 0.05) is 7.05 Å². The third-order valence-corrected chi connectivity index (χ3v) is 3.34. The van der Waals surface area contributed by atoms with Crippen LogP contribution < -0.4 is 10.4 Å². The van der Waals surface area contributed by atoms with Gasteiger partial charge >= 0.3 is 0 Å². The molecule has 1 aromatic carbocycles. The van der Waals surface area contributed by atoms with Crippen molar-refractivity contribution in [3.05, 3.63) is 39.8 Å². The summed E-state index contributed by atoms with van der Waals surface area (Å²) in [5.74, 6) is -0.0553. The zero-order chi connectivity index (χ0) is 16.3. The lowest BCUT2D eigenvalue weighted by Gasteiger charge is -2.14. The van der Waals surface area contributed by atoms with E-state index in [9.17, 15) is 15.2 Å². The molecular formula is C15H15N3O4. The predicted octanol–water partition coefficient (Wildman–Crippen LogP) is 1.63.